The quantitative estimate of drug-likeness (QED) is 0.667. The number of pyridine rings is 1. The van der Waals surface area contributed by atoms with Gasteiger partial charge >= 0.3 is 5.97 Å². The summed E-state index contributed by atoms with van der Waals surface area (Å²) in [6.45, 7) is 1.74. The van der Waals surface area contributed by atoms with Crippen LogP contribution in [0.1, 0.15) is 46.2 Å². The van der Waals surface area contributed by atoms with Gasteiger partial charge in [0, 0.05) is 23.1 Å². The summed E-state index contributed by atoms with van der Waals surface area (Å²) in [7, 11) is 0. The molecule has 0 radical (unpaired) electrons. The number of aromatic nitrogens is 4. The number of nitrogens with zero attached hydrogens (tertiary/aromatic N) is 4. The third-order valence-electron chi connectivity index (χ3n) is 3.70. The Labute approximate surface area is 139 Å². The van der Waals surface area contributed by atoms with Crippen LogP contribution < -0.4 is 0 Å². The van der Waals surface area contributed by atoms with Crippen LogP contribution in [0.4, 0.5) is 0 Å². The molecule has 0 N–H and O–H groups in total. The van der Waals surface area contributed by atoms with Crippen molar-refractivity contribution < 1.29 is 14.1 Å². The lowest BCUT2D eigenvalue weighted by atomic mass is 10.1. The van der Waals surface area contributed by atoms with Crippen molar-refractivity contribution >= 4 is 40.2 Å². The van der Waals surface area contributed by atoms with Crippen LogP contribution in [0, 0.1) is 6.92 Å². The minimum Gasteiger partial charge on any atom is -0.455 e. The van der Waals surface area contributed by atoms with E-state index < -0.39 is 5.97 Å². The van der Waals surface area contributed by atoms with Crippen molar-refractivity contribution in [1.29, 1.82) is 0 Å². The Morgan fingerprint density at radius 1 is 1.52 bits per heavy atom. The van der Waals surface area contributed by atoms with E-state index in [1.165, 1.54) is 0 Å². The highest BCUT2D eigenvalue weighted by atomic mass is 35.5. The Hall–Kier alpha value is -2.06. The normalized spacial score (nSPS) is 14.3. The van der Waals surface area contributed by atoms with E-state index in [1.54, 1.807) is 13.0 Å². The Bertz CT molecular complexity index is 903. The minimum atomic E-state index is -0.477. The zero-order chi connectivity index (χ0) is 16.0. The molecule has 0 bridgehead atoms. The molecule has 118 valence electrons. The van der Waals surface area contributed by atoms with Gasteiger partial charge < -0.3 is 9.26 Å². The summed E-state index contributed by atoms with van der Waals surface area (Å²) >= 11 is 6.97. The molecule has 0 spiro atoms. The number of aryl methyl sites for hydroxylation is 1. The molecule has 0 amide bonds. The third kappa shape index (κ3) is 2.68. The van der Waals surface area contributed by atoms with Crippen LogP contribution in [0.5, 0.6) is 0 Å². The maximum absolute atomic E-state index is 12.5. The summed E-state index contributed by atoms with van der Waals surface area (Å²) in [6.07, 6.45) is 2.14. The second-order valence-electron chi connectivity index (χ2n) is 5.39. The van der Waals surface area contributed by atoms with Gasteiger partial charge in [-0.25, -0.2) is 9.78 Å². The van der Waals surface area contributed by atoms with Crippen LogP contribution in [0.25, 0.3) is 11.1 Å². The number of hydrogen-bond donors (Lipinski definition) is 0. The molecule has 3 aromatic rings. The van der Waals surface area contributed by atoms with Crippen molar-refractivity contribution in [3.8, 4) is 0 Å². The number of carbonyl (C=O) groups excluding carboxylic acids is 1. The first kappa shape index (κ1) is 14.5. The van der Waals surface area contributed by atoms with Gasteiger partial charge in [0.25, 0.3) is 5.71 Å². The molecular formula is C14H11ClN4O3S. The van der Waals surface area contributed by atoms with Crippen molar-refractivity contribution in [2.24, 2.45) is 0 Å². The van der Waals surface area contributed by atoms with E-state index >= 15 is 0 Å². The Kier molecular flexibility index (Phi) is 3.50. The summed E-state index contributed by atoms with van der Waals surface area (Å²) in [4.78, 5) is 16.9. The molecular weight excluding hydrogens is 340 g/mol. The molecule has 4 rings (SSSR count). The monoisotopic (exact) mass is 350 g/mol. The molecule has 9 heteroatoms. The number of fused-ring (bicyclic) bond motifs is 1. The van der Waals surface area contributed by atoms with Gasteiger partial charge in [0.05, 0.1) is 16.6 Å². The molecule has 0 aromatic carbocycles. The second kappa shape index (κ2) is 5.54. The number of esters is 1. The first-order valence-electron chi connectivity index (χ1n) is 7.04. The molecule has 7 nitrogen and oxygen atoms in total. The number of ether oxygens (including phenoxy) is 1. The highest BCUT2D eigenvalue weighted by Crippen LogP contribution is 2.40. The minimum absolute atomic E-state index is 0.0267. The molecule has 3 heterocycles. The maximum atomic E-state index is 12.5. The van der Waals surface area contributed by atoms with Gasteiger partial charge in [-0.1, -0.05) is 21.2 Å². The summed E-state index contributed by atoms with van der Waals surface area (Å²) in [5, 5.41) is 8.31. The van der Waals surface area contributed by atoms with Crippen molar-refractivity contribution in [2.75, 3.05) is 0 Å². The summed E-state index contributed by atoms with van der Waals surface area (Å²) in [5.74, 6) is -0.0943. The smallest absolute Gasteiger partial charge is 0.339 e. The van der Waals surface area contributed by atoms with Crippen molar-refractivity contribution in [1.82, 2.24) is 19.7 Å². The highest BCUT2D eigenvalue weighted by Gasteiger charge is 2.29. The van der Waals surface area contributed by atoms with Crippen LogP contribution in [0.3, 0.4) is 0 Å². The average Bonchev–Trinajstić information content (AvgIpc) is 3.23. The zero-order valence-corrected chi connectivity index (χ0v) is 13.6. The first-order chi connectivity index (χ1) is 11.1. The van der Waals surface area contributed by atoms with E-state index in [9.17, 15) is 4.79 Å². The van der Waals surface area contributed by atoms with Gasteiger partial charge in [-0.05, 0) is 25.8 Å². The fourth-order valence-electron chi connectivity index (χ4n) is 2.36. The zero-order valence-electron chi connectivity index (χ0n) is 12.1. The molecule has 1 fully saturated rings. The van der Waals surface area contributed by atoms with Gasteiger partial charge in [-0.2, -0.15) is 0 Å². The highest BCUT2D eigenvalue weighted by molar-refractivity contribution is 7.10. The van der Waals surface area contributed by atoms with Gasteiger partial charge in [-0.3, -0.25) is 0 Å². The van der Waals surface area contributed by atoms with Crippen LogP contribution >= 0.6 is 23.1 Å². The van der Waals surface area contributed by atoms with Gasteiger partial charge in [-0.15, -0.1) is 5.10 Å². The lowest BCUT2D eigenvalue weighted by Crippen LogP contribution is -2.08. The Balaban J connectivity index is 1.67. The SMILES string of the molecule is Cc1noc2nc(C3CC3)cc(C(=O)OCc3nnsc3Cl)c12. The third-order valence-corrected chi connectivity index (χ3v) is 4.69. The molecule has 1 saturated carbocycles. The summed E-state index contributed by atoms with van der Waals surface area (Å²) < 4.78 is 14.7. The lowest BCUT2D eigenvalue weighted by Gasteiger charge is -2.06. The van der Waals surface area contributed by atoms with Crippen molar-refractivity contribution in [2.45, 2.75) is 32.3 Å². The standard InChI is InChI=1S/C14H11ClN4O3S/c1-6-11-8(14(20)21-5-10-12(15)23-19-17-10)4-9(7-2-3-7)16-13(11)22-18-6/h4,7H,2-3,5H2,1H3. The fourth-order valence-corrected chi connectivity index (χ4v) is 2.96. The predicted octanol–water partition coefficient (Wildman–Crippen LogP) is 3.27. The van der Waals surface area contributed by atoms with E-state index in [4.69, 9.17) is 20.9 Å². The molecule has 0 aliphatic heterocycles. The molecule has 3 aromatic heterocycles. The molecule has 0 unspecified atom stereocenters. The van der Waals surface area contributed by atoms with Gasteiger partial charge in [0.1, 0.15) is 16.6 Å². The van der Waals surface area contributed by atoms with Crippen molar-refractivity contribution in [3.05, 3.63) is 33.0 Å². The lowest BCUT2D eigenvalue weighted by molar-refractivity contribution is 0.0470. The Morgan fingerprint density at radius 2 is 2.35 bits per heavy atom. The van der Waals surface area contributed by atoms with E-state index in [-0.39, 0.29) is 6.61 Å². The van der Waals surface area contributed by atoms with Crippen LogP contribution in [0.2, 0.25) is 4.34 Å². The Morgan fingerprint density at radius 3 is 3.04 bits per heavy atom. The molecule has 23 heavy (non-hydrogen) atoms. The molecule has 0 atom stereocenters. The summed E-state index contributed by atoms with van der Waals surface area (Å²) in [6, 6.07) is 1.77. The fraction of sp³-hybridized carbons (Fsp3) is 0.357. The van der Waals surface area contributed by atoms with Crippen molar-refractivity contribution in [3.63, 3.8) is 0 Å². The number of carbonyl (C=O) groups is 1. The van der Waals surface area contributed by atoms with Gasteiger partial charge in [0.15, 0.2) is 0 Å². The number of halogens is 1. The van der Waals surface area contributed by atoms with Crippen LogP contribution in [0.15, 0.2) is 10.6 Å². The number of rotatable bonds is 4. The van der Waals surface area contributed by atoms with Crippen LogP contribution in [-0.2, 0) is 11.3 Å². The van der Waals surface area contributed by atoms with E-state index in [0.29, 0.717) is 38.3 Å². The predicted molar refractivity (Wildman–Crippen MR) is 82.6 cm³/mol. The molecule has 1 aliphatic rings. The van der Waals surface area contributed by atoms with E-state index in [2.05, 4.69) is 19.7 Å². The van der Waals surface area contributed by atoms with E-state index in [1.807, 2.05) is 0 Å². The average molecular weight is 351 g/mol. The van der Waals surface area contributed by atoms with E-state index in [0.717, 1.165) is 30.1 Å². The second-order valence-corrected chi connectivity index (χ2v) is 6.74. The number of hydrogen-bond acceptors (Lipinski definition) is 8. The molecule has 1 aliphatic carbocycles. The summed E-state index contributed by atoms with van der Waals surface area (Å²) in [5.41, 5.74) is 2.67. The largest absolute Gasteiger partial charge is 0.455 e. The molecule has 0 saturated heterocycles. The van der Waals surface area contributed by atoms with Gasteiger partial charge in [0.2, 0.25) is 0 Å². The topological polar surface area (TPSA) is 91.0 Å². The first-order valence-corrected chi connectivity index (χ1v) is 8.19. The van der Waals surface area contributed by atoms with Crippen LogP contribution in [-0.4, -0.2) is 25.7 Å². The maximum Gasteiger partial charge on any atom is 0.339 e.